The average molecular weight is 474 g/mol. The van der Waals surface area contributed by atoms with Crippen LogP contribution in [0.15, 0.2) is 70.6 Å². The number of hydrogen-bond acceptors (Lipinski definition) is 4. The van der Waals surface area contributed by atoms with Crippen molar-refractivity contribution in [3.05, 3.63) is 81.8 Å². The van der Waals surface area contributed by atoms with Crippen molar-refractivity contribution in [2.24, 2.45) is 0 Å². The number of terminal acetylenes is 2. The number of fused-ring (bicyclic) bond motifs is 3. The van der Waals surface area contributed by atoms with Crippen LogP contribution >= 0.6 is 0 Å². The van der Waals surface area contributed by atoms with Gasteiger partial charge in [0.25, 0.3) is 0 Å². The fraction of sp³-hybridized carbons (Fsp3) is 0.154. The van der Waals surface area contributed by atoms with Crippen LogP contribution in [0.5, 0.6) is 0 Å². The van der Waals surface area contributed by atoms with Gasteiger partial charge in [0.2, 0.25) is 0 Å². The molecule has 0 bridgehead atoms. The summed E-state index contributed by atoms with van der Waals surface area (Å²) >= 11 is -5.33. The van der Waals surface area contributed by atoms with Crippen LogP contribution in [0.1, 0.15) is 21.8 Å². The van der Waals surface area contributed by atoms with E-state index in [0.717, 1.165) is 26.1 Å². The molecule has 2 aromatic rings. The van der Waals surface area contributed by atoms with E-state index in [1.807, 2.05) is 79.9 Å². The molecule has 2 aliphatic rings. The van der Waals surface area contributed by atoms with E-state index >= 15 is 0 Å². The Morgan fingerprint density at radius 2 is 1.44 bits per heavy atom. The minimum atomic E-state index is -5.33. The zero-order chi connectivity index (χ0) is 23.0. The minimum absolute atomic E-state index is 0.441. The van der Waals surface area contributed by atoms with E-state index < -0.39 is 37.2 Å². The molecule has 0 aromatic heterocycles. The molecule has 0 heterocycles. The maximum atomic E-state index is 12.9. The zero-order valence-corrected chi connectivity index (χ0v) is 20.5. The summed E-state index contributed by atoms with van der Waals surface area (Å²) in [4.78, 5) is 25.7. The van der Waals surface area contributed by atoms with E-state index in [-0.39, 0.29) is 0 Å². The second-order valence-corrected chi connectivity index (χ2v) is 24.8. The van der Waals surface area contributed by atoms with E-state index in [2.05, 4.69) is 11.8 Å². The summed E-state index contributed by atoms with van der Waals surface area (Å²) < 4.78 is 13.2. The number of carbonyl (C=O) groups is 2. The molecule has 32 heavy (non-hydrogen) atoms. The number of allylic oxidation sites excluding steroid dienone is 4. The molecule has 0 amide bonds. The van der Waals surface area contributed by atoms with Crippen molar-refractivity contribution >= 4 is 18.1 Å². The molecular formula is C26H22O4SiTi. The van der Waals surface area contributed by atoms with Gasteiger partial charge in [0, 0.05) is 0 Å². The van der Waals surface area contributed by atoms with Crippen molar-refractivity contribution in [1.29, 1.82) is 0 Å². The second-order valence-electron chi connectivity index (χ2n) is 8.14. The summed E-state index contributed by atoms with van der Waals surface area (Å²) in [6, 6.07) is 16.0. The summed E-state index contributed by atoms with van der Waals surface area (Å²) in [6.07, 6.45) is 15.7. The molecule has 4 nitrogen and oxygen atoms in total. The fourth-order valence-electron chi connectivity index (χ4n) is 5.21. The first-order valence-corrected chi connectivity index (χ1v) is 18.1. The van der Waals surface area contributed by atoms with Crippen molar-refractivity contribution in [2.45, 2.75) is 23.7 Å². The summed E-state index contributed by atoms with van der Waals surface area (Å²) in [6.45, 7) is 4.05. The number of benzene rings is 2. The number of carbonyl (C=O) groups excluding carboxylic acids is 2. The fourth-order valence-corrected chi connectivity index (χ4v) is 24.0. The Morgan fingerprint density at radius 3 is 1.84 bits per heavy atom. The Bertz CT molecular complexity index is 1300. The molecule has 158 valence electrons. The third-order valence-electron chi connectivity index (χ3n) is 6.51. The Morgan fingerprint density at radius 1 is 0.938 bits per heavy atom. The topological polar surface area (TPSA) is 52.6 Å². The van der Waals surface area contributed by atoms with Crippen molar-refractivity contribution in [1.82, 2.24) is 0 Å². The monoisotopic (exact) mass is 474 g/mol. The van der Waals surface area contributed by atoms with Gasteiger partial charge < -0.3 is 0 Å². The molecule has 0 unspecified atom stereocenters. The Kier molecular flexibility index (Phi) is 5.61. The van der Waals surface area contributed by atoms with E-state index in [9.17, 15) is 9.59 Å². The summed E-state index contributed by atoms with van der Waals surface area (Å²) in [5.74, 6) is 2.54. The Labute approximate surface area is 190 Å². The molecule has 0 radical (unpaired) electrons. The molecule has 0 saturated carbocycles. The predicted molar refractivity (Wildman–Crippen MR) is 123 cm³/mol. The van der Waals surface area contributed by atoms with E-state index in [4.69, 9.17) is 19.5 Å². The van der Waals surface area contributed by atoms with Gasteiger partial charge in [-0.3, -0.25) is 0 Å². The van der Waals surface area contributed by atoms with Gasteiger partial charge in [-0.05, 0) is 0 Å². The number of rotatable bonds is 4. The van der Waals surface area contributed by atoms with Gasteiger partial charge >= 0.3 is 190 Å². The Balaban J connectivity index is 2.23. The maximum absolute atomic E-state index is 12.9. The quantitative estimate of drug-likeness (QED) is 0.475. The predicted octanol–water partition coefficient (Wildman–Crippen LogP) is 4.72. The van der Waals surface area contributed by atoms with Crippen LogP contribution in [0.4, 0.5) is 0 Å². The molecule has 0 spiro atoms. The standard InChI is InChI=1S/C13H9.C5H5.2C3H2O2.C2H6Si.Ti/c1-3-7-12-10(5-1)9-11-6-2-4-8-13(11)12;1-2-4-5-3-1;2*1-2-3(4)5;1-3-2;/h1-9H;1-3H,4H2;2*1H,(H,4,5);1-2H3;/q;;;;;+2/p-2. The molecular weight excluding hydrogens is 452 g/mol. The van der Waals surface area contributed by atoms with Crippen LogP contribution in [-0.4, -0.2) is 18.1 Å². The first kappa shape index (κ1) is 22.1. The first-order valence-electron chi connectivity index (χ1n) is 10.3. The van der Waals surface area contributed by atoms with Crippen molar-refractivity contribution in [2.75, 3.05) is 0 Å². The second kappa shape index (κ2) is 8.11. The van der Waals surface area contributed by atoms with Gasteiger partial charge in [-0.25, -0.2) is 0 Å². The van der Waals surface area contributed by atoms with Crippen LogP contribution in [0.25, 0.3) is 11.1 Å². The van der Waals surface area contributed by atoms with Crippen molar-refractivity contribution in [3.8, 4) is 35.8 Å². The van der Waals surface area contributed by atoms with Crippen molar-refractivity contribution in [3.63, 3.8) is 0 Å². The van der Waals surface area contributed by atoms with Crippen LogP contribution < -0.4 is 0 Å². The zero-order valence-electron chi connectivity index (χ0n) is 17.9. The van der Waals surface area contributed by atoms with Gasteiger partial charge in [0.15, 0.2) is 0 Å². The summed E-state index contributed by atoms with van der Waals surface area (Å²) in [7, 11) is 0. The molecule has 2 aliphatic carbocycles. The van der Waals surface area contributed by atoms with Crippen LogP contribution in [0, 0.1) is 24.7 Å². The normalized spacial score (nSPS) is 14.5. The van der Waals surface area contributed by atoms with Crippen LogP contribution in [0.2, 0.25) is 13.1 Å². The molecule has 0 atom stereocenters. The molecule has 0 aliphatic heterocycles. The Hall–Kier alpha value is -3.09. The van der Waals surface area contributed by atoms with Crippen LogP contribution in [0.3, 0.4) is 0 Å². The molecule has 4 rings (SSSR count). The SMILES string of the molecule is C#CC(=O)[O][Ti]([O]C(=O)C#C)([C]1=CC=CC1)([CH]1c2ccccc2-c2ccccc21)=[Si](C)C. The molecule has 0 N–H and O–H groups in total. The van der Waals surface area contributed by atoms with Gasteiger partial charge in [-0.15, -0.1) is 0 Å². The van der Waals surface area contributed by atoms with Gasteiger partial charge in [0.1, 0.15) is 0 Å². The van der Waals surface area contributed by atoms with Crippen molar-refractivity contribution < 1.29 is 31.0 Å². The van der Waals surface area contributed by atoms with E-state index in [1.54, 1.807) is 0 Å². The molecule has 0 fully saturated rings. The molecule has 0 saturated heterocycles. The average Bonchev–Trinajstić information content (AvgIpc) is 3.46. The summed E-state index contributed by atoms with van der Waals surface area (Å²) in [5, 5.41) is 0. The third kappa shape index (κ3) is 2.98. The molecule has 2 aromatic carbocycles. The summed E-state index contributed by atoms with van der Waals surface area (Å²) in [5.41, 5.74) is 4.01. The first-order chi connectivity index (χ1) is 15.4. The van der Waals surface area contributed by atoms with Gasteiger partial charge in [-0.1, -0.05) is 0 Å². The van der Waals surface area contributed by atoms with E-state index in [1.165, 1.54) is 0 Å². The van der Waals surface area contributed by atoms with Gasteiger partial charge in [-0.2, -0.15) is 0 Å². The van der Waals surface area contributed by atoms with E-state index in [0.29, 0.717) is 6.42 Å². The third-order valence-corrected chi connectivity index (χ3v) is 27.6. The van der Waals surface area contributed by atoms with Crippen LogP contribution in [-0.2, 0) is 31.0 Å². The molecule has 6 heteroatoms. The van der Waals surface area contributed by atoms with Gasteiger partial charge in [0.05, 0.1) is 0 Å². The number of hydrogen-bond donors (Lipinski definition) is 0.